The lowest BCUT2D eigenvalue weighted by Crippen LogP contribution is -2.69. The molecular weight excluding hydrogens is 573 g/mol. The summed E-state index contributed by atoms with van der Waals surface area (Å²) >= 11 is 0. The van der Waals surface area contributed by atoms with Gasteiger partial charge < -0.3 is 8.85 Å². The Morgan fingerprint density at radius 3 is 1.00 bits per heavy atom. The lowest BCUT2D eigenvalue weighted by molar-refractivity contribution is -0.123. The largest absolute Gasteiger partial charge is 0.400 e. The Bertz CT molecular complexity index is 1360. The summed E-state index contributed by atoms with van der Waals surface area (Å²) in [5.41, 5.74) is 0.866. The first-order valence-electron chi connectivity index (χ1n) is 15.7. The molecule has 5 heteroatoms. The van der Waals surface area contributed by atoms with Gasteiger partial charge in [-0.05, 0) is 36.4 Å². The fourth-order valence-corrected chi connectivity index (χ4v) is 16.4. The number of carbonyl (C=O) groups excluding carboxylic acids is 1. The predicted molar refractivity (Wildman–Crippen MR) is 188 cm³/mol. The van der Waals surface area contributed by atoms with Crippen molar-refractivity contribution in [3.8, 4) is 0 Å². The quantitative estimate of drug-likeness (QED) is 0.161. The molecule has 0 spiro atoms. The molecule has 0 unspecified atom stereocenters. The van der Waals surface area contributed by atoms with Gasteiger partial charge in [0.05, 0.1) is 12.2 Å². The minimum absolute atomic E-state index is 0.156. The summed E-state index contributed by atoms with van der Waals surface area (Å²) in [5, 5.41) is 4.32. The van der Waals surface area contributed by atoms with E-state index in [1.54, 1.807) is 0 Å². The Morgan fingerprint density at radius 2 is 0.773 bits per heavy atom. The summed E-state index contributed by atoms with van der Waals surface area (Å²) in [6, 6.07) is 42.4. The van der Waals surface area contributed by atoms with Crippen LogP contribution in [0, 0.1) is 0 Å². The van der Waals surface area contributed by atoms with Gasteiger partial charge in [-0.25, -0.2) is 0 Å². The number of ketones is 1. The number of rotatable bonds is 8. The van der Waals surface area contributed by atoms with Crippen LogP contribution in [-0.4, -0.2) is 34.6 Å². The van der Waals surface area contributed by atoms with Crippen molar-refractivity contribution in [1.82, 2.24) is 0 Å². The second-order valence-corrected chi connectivity index (χ2v) is 22.6. The van der Waals surface area contributed by atoms with E-state index in [0.717, 1.165) is 5.57 Å². The Morgan fingerprint density at radius 1 is 0.523 bits per heavy atom. The van der Waals surface area contributed by atoms with Gasteiger partial charge in [0.1, 0.15) is 5.78 Å². The molecule has 0 bridgehead atoms. The molecule has 0 amide bonds. The molecule has 1 saturated carbocycles. The third-order valence-corrected chi connectivity index (χ3v) is 19.2. The smallest absolute Gasteiger partial charge is 0.261 e. The van der Waals surface area contributed by atoms with Gasteiger partial charge in [-0.15, -0.1) is 0 Å². The third kappa shape index (κ3) is 5.86. The Hall–Kier alpha value is -3.36. The van der Waals surface area contributed by atoms with Crippen molar-refractivity contribution in [1.29, 1.82) is 0 Å². The second-order valence-electron chi connectivity index (χ2n) is 14.1. The molecule has 1 aliphatic rings. The van der Waals surface area contributed by atoms with Crippen LogP contribution in [0.15, 0.2) is 133 Å². The van der Waals surface area contributed by atoms with Gasteiger partial charge in [-0.1, -0.05) is 169 Å². The van der Waals surface area contributed by atoms with E-state index in [1.807, 2.05) is 24.3 Å². The van der Waals surface area contributed by atoms with E-state index < -0.39 is 28.8 Å². The summed E-state index contributed by atoms with van der Waals surface area (Å²) < 4.78 is 15.0. The monoisotopic (exact) mass is 618 g/mol. The van der Waals surface area contributed by atoms with Crippen molar-refractivity contribution in [3.05, 3.63) is 133 Å². The maximum atomic E-state index is 13.7. The fraction of sp³-hybridized carbons (Fsp3) is 0.308. The van der Waals surface area contributed by atoms with Crippen LogP contribution in [0.2, 0.25) is 10.1 Å². The first kappa shape index (κ1) is 32.0. The molecule has 1 aliphatic carbocycles. The van der Waals surface area contributed by atoms with Crippen LogP contribution in [-0.2, 0) is 13.6 Å². The molecule has 1 fully saturated rings. The highest BCUT2D eigenvalue weighted by Crippen LogP contribution is 2.43. The zero-order valence-electron chi connectivity index (χ0n) is 27.0. The third-order valence-electron chi connectivity index (χ3n) is 9.12. The molecule has 0 radical (unpaired) electrons. The molecule has 44 heavy (non-hydrogen) atoms. The molecular formula is C39H46O3Si2. The summed E-state index contributed by atoms with van der Waals surface area (Å²) in [5.74, 6) is 0.156. The average Bonchev–Trinajstić information content (AvgIpc) is 3.01. The maximum absolute atomic E-state index is 13.7. The Balaban J connectivity index is 1.62. The van der Waals surface area contributed by atoms with E-state index in [-0.39, 0.29) is 15.9 Å². The topological polar surface area (TPSA) is 35.5 Å². The molecule has 5 rings (SSSR count). The predicted octanol–water partition coefficient (Wildman–Crippen LogP) is 6.80. The summed E-state index contributed by atoms with van der Waals surface area (Å²) in [7, 11) is -5.84. The molecule has 0 saturated heterocycles. The SMILES string of the molecule is C=C1[C@H](O[Si](c2ccccc2)(c2ccccc2)C(C)(C)C)CC(=O)C[C@H]1O[Si](c1ccccc1)(c1ccccc1)C(C)(C)C. The first-order chi connectivity index (χ1) is 20.9. The Labute approximate surface area is 266 Å². The van der Waals surface area contributed by atoms with E-state index in [4.69, 9.17) is 8.85 Å². The number of Topliss-reactive ketones (excluding diaryl/α,β-unsaturated/α-hetero) is 1. The van der Waals surface area contributed by atoms with Crippen LogP contribution in [0.3, 0.4) is 0 Å². The zero-order valence-corrected chi connectivity index (χ0v) is 29.0. The van der Waals surface area contributed by atoms with E-state index in [9.17, 15) is 4.79 Å². The van der Waals surface area contributed by atoms with Crippen LogP contribution in [0.5, 0.6) is 0 Å². The number of hydrogen-bond acceptors (Lipinski definition) is 3. The van der Waals surface area contributed by atoms with E-state index in [0.29, 0.717) is 12.8 Å². The van der Waals surface area contributed by atoms with Crippen LogP contribution in [0.4, 0.5) is 0 Å². The number of benzene rings is 4. The molecule has 2 atom stereocenters. The summed E-state index contributed by atoms with van der Waals surface area (Å²) in [6.45, 7) is 18.3. The standard InChI is InChI=1S/C39H46O3Si2/c1-30-36(41-43(38(2,3)4,32-20-12-8-13-21-32)33-22-14-9-15-23-33)28-31(40)29-37(30)42-44(39(5,6)7,34-24-16-10-17-25-34)35-26-18-11-19-27-35/h8-27,36-37H,1,28-29H2,2-7H3/t36-,37-/m1/s1. The molecule has 0 aliphatic heterocycles. The van der Waals surface area contributed by atoms with Crippen molar-refractivity contribution in [3.63, 3.8) is 0 Å². The summed E-state index contributed by atoms with van der Waals surface area (Å²) in [4.78, 5) is 13.7. The zero-order chi connectivity index (χ0) is 31.6. The van der Waals surface area contributed by atoms with Crippen LogP contribution in [0.1, 0.15) is 54.4 Å². The summed E-state index contributed by atoms with van der Waals surface area (Å²) in [6.07, 6.45) is -0.287. The molecule has 3 nitrogen and oxygen atoms in total. The molecule has 228 valence electrons. The van der Waals surface area contributed by atoms with Crippen molar-refractivity contribution < 1.29 is 13.6 Å². The highest BCUT2D eigenvalue weighted by atomic mass is 28.4. The van der Waals surface area contributed by atoms with Crippen LogP contribution < -0.4 is 20.7 Å². The van der Waals surface area contributed by atoms with Gasteiger partial charge in [-0.3, -0.25) is 4.79 Å². The molecule has 0 heterocycles. The highest BCUT2D eigenvalue weighted by Gasteiger charge is 2.55. The maximum Gasteiger partial charge on any atom is 0.261 e. The lowest BCUT2D eigenvalue weighted by atomic mass is 9.90. The molecule has 0 aromatic heterocycles. The first-order valence-corrected chi connectivity index (χ1v) is 19.5. The van der Waals surface area contributed by atoms with Crippen LogP contribution in [0.25, 0.3) is 0 Å². The van der Waals surface area contributed by atoms with E-state index in [1.165, 1.54) is 20.7 Å². The minimum Gasteiger partial charge on any atom is -0.400 e. The molecule has 4 aromatic rings. The molecule has 4 aromatic carbocycles. The number of carbonyl (C=O) groups is 1. The van der Waals surface area contributed by atoms with Gasteiger partial charge in [0, 0.05) is 12.8 Å². The number of hydrogen-bond donors (Lipinski definition) is 0. The van der Waals surface area contributed by atoms with Crippen molar-refractivity contribution in [2.24, 2.45) is 0 Å². The molecule has 0 N–H and O–H groups in total. The second kappa shape index (κ2) is 12.6. The van der Waals surface area contributed by atoms with Crippen LogP contribution >= 0.6 is 0 Å². The highest BCUT2D eigenvalue weighted by molar-refractivity contribution is 7.00. The average molecular weight is 619 g/mol. The van der Waals surface area contributed by atoms with E-state index >= 15 is 0 Å². The van der Waals surface area contributed by atoms with Crippen molar-refractivity contribution in [2.45, 2.75) is 76.7 Å². The fourth-order valence-electron chi connectivity index (χ4n) is 7.01. The van der Waals surface area contributed by atoms with Gasteiger partial charge in [-0.2, -0.15) is 0 Å². The lowest BCUT2D eigenvalue weighted by Gasteiger charge is -2.49. The van der Waals surface area contributed by atoms with Gasteiger partial charge >= 0.3 is 0 Å². The normalized spacial score (nSPS) is 18.3. The van der Waals surface area contributed by atoms with Gasteiger partial charge in [0.15, 0.2) is 0 Å². The van der Waals surface area contributed by atoms with Crippen molar-refractivity contribution >= 4 is 43.2 Å². The van der Waals surface area contributed by atoms with Gasteiger partial charge in [0.2, 0.25) is 0 Å². The Kier molecular flexibility index (Phi) is 9.15. The minimum atomic E-state index is -2.92. The van der Waals surface area contributed by atoms with Gasteiger partial charge in [0.25, 0.3) is 16.6 Å². The van der Waals surface area contributed by atoms with E-state index in [2.05, 4.69) is 145 Å². The van der Waals surface area contributed by atoms with Crippen molar-refractivity contribution in [2.75, 3.05) is 0 Å².